The Hall–Kier alpha value is -1.37. The molecule has 0 bridgehead atoms. The summed E-state index contributed by atoms with van der Waals surface area (Å²) in [6.07, 6.45) is 2.47. The molecule has 2 atom stereocenters. The lowest BCUT2D eigenvalue weighted by molar-refractivity contribution is -0.121. The molecule has 1 aliphatic heterocycles. The molecule has 1 fully saturated rings. The number of piperidine rings is 1. The molecular formula is C14H22Cl2N4O2. The van der Waals surface area contributed by atoms with Crippen molar-refractivity contribution in [2.75, 3.05) is 19.6 Å². The molecule has 0 aromatic carbocycles. The molecule has 8 heteroatoms. The number of rotatable bonds is 4. The molecule has 0 spiro atoms. The van der Waals surface area contributed by atoms with Crippen LogP contribution in [0.1, 0.15) is 23.8 Å². The molecule has 2 amide bonds. The lowest BCUT2D eigenvalue weighted by Gasteiger charge is -2.30. The van der Waals surface area contributed by atoms with Gasteiger partial charge in [0.2, 0.25) is 5.91 Å². The molecule has 1 aromatic rings. The fraction of sp³-hybridized carbons (Fsp3) is 0.500. The van der Waals surface area contributed by atoms with Crippen LogP contribution in [-0.2, 0) is 4.79 Å². The Balaban J connectivity index is 0.00000220. The summed E-state index contributed by atoms with van der Waals surface area (Å²) >= 11 is 0. The molecule has 1 saturated heterocycles. The van der Waals surface area contributed by atoms with Gasteiger partial charge in [0.25, 0.3) is 5.91 Å². The van der Waals surface area contributed by atoms with Gasteiger partial charge in [-0.05, 0) is 37.6 Å². The zero-order chi connectivity index (χ0) is 14.4. The number of hydrogen-bond donors (Lipinski definition) is 3. The Morgan fingerprint density at radius 3 is 2.77 bits per heavy atom. The molecule has 0 radical (unpaired) electrons. The van der Waals surface area contributed by atoms with Gasteiger partial charge >= 0.3 is 0 Å². The van der Waals surface area contributed by atoms with Gasteiger partial charge in [0.15, 0.2) is 0 Å². The van der Waals surface area contributed by atoms with Crippen LogP contribution in [0.3, 0.4) is 0 Å². The first-order valence-electron chi connectivity index (χ1n) is 6.86. The molecule has 124 valence electrons. The van der Waals surface area contributed by atoms with E-state index in [-0.39, 0.29) is 49.2 Å². The third-order valence-corrected chi connectivity index (χ3v) is 3.44. The minimum Gasteiger partial charge on any atom is -0.351 e. The number of nitrogens with zero attached hydrogens (tertiary/aromatic N) is 1. The van der Waals surface area contributed by atoms with Crippen molar-refractivity contribution in [1.29, 1.82) is 0 Å². The number of amides is 2. The zero-order valence-corrected chi connectivity index (χ0v) is 14.0. The van der Waals surface area contributed by atoms with Crippen molar-refractivity contribution >= 4 is 36.6 Å². The minimum atomic E-state index is -0.334. The highest BCUT2D eigenvalue weighted by Gasteiger charge is 2.22. The van der Waals surface area contributed by atoms with E-state index in [1.165, 1.54) is 0 Å². The average Bonchev–Trinajstić information content (AvgIpc) is 2.48. The van der Waals surface area contributed by atoms with E-state index in [1.54, 1.807) is 24.4 Å². The van der Waals surface area contributed by atoms with E-state index in [0.29, 0.717) is 11.6 Å². The molecule has 2 unspecified atom stereocenters. The second-order valence-electron chi connectivity index (χ2n) is 5.04. The van der Waals surface area contributed by atoms with E-state index in [1.807, 2.05) is 0 Å². The lowest BCUT2D eigenvalue weighted by atomic mass is 9.95. The molecule has 2 heterocycles. The molecule has 2 rings (SSSR count). The summed E-state index contributed by atoms with van der Waals surface area (Å²) in [6.45, 7) is 3.90. The van der Waals surface area contributed by atoms with Crippen LogP contribution in [0.4, 0.5) is 0 Å². The first-order valence-corrected chi connectivity index (χ1v) is 6.86. The predicted molar refractivity (Wildman–Crippen MR) is 89.6 cm³/mol. The molecule has 3 N–H and O–H groups in total. The summed E-state index contributed by atoms with van der Waals surface area (Å²) < 4.78 is 0. The standard InChI is InChI=1S/C14H20N4O2.2ClH/c1-10-8-15-7-5-11(10)18-13(19)9-17-14(20)12-4-2-3-6-16-12;;/h2-4,6,10-11,15H,5,7-9H2,1H3,(H,17,20)(H,18,19);2*1H. The summed E-state index contributed by atoms with van der Waals surface area (Å²) in [6, 6.07) is 5.26. The lowest BCUT2D eigenvalue weighted by Crippen LogP contribution is -2.50. The van der Waals surface area contributed by atoms with Crippen molar-refractivity contribution in [3.8, 4) is 0 Å². The average molecular weight is 349 g/mol. The zero-order valence-electron chi connectivity index (χ0n) is 12.4. The summed E-state index contributed by atoms with van der Waals surface area (Å²) in [4.78, 5) is 27.5. The van der Waals surface area contributed by atoms with Gasteiger partial charge in [-0.25, -0.2) is 0 Å². The molecule has 0 saturated carbocycles. The summed E-state index contributed by atoms with van der Waals surface area (Å²) in [5.74, 6) is -0.0914. The van der Waals surface area contributed by atoms with Crippen LogP contribution >= 0.6 is 24.8 Å². The molecule has 1 aliphatic rings. The number of hydrogen-bond acceptors (Lipinski definition) is 4. The van der Waals surface area contributed by atoms with Gasteiger partial charge in [-0.15, -0.1) is 24.8 Å². The largest absolute Gasteiger partial charge is 0.351 e. The summed E-state index contributed by atoms with van der Waals surface area (Å²) in [5.41, 5.74) is 0.315. The number of nitrogens with one attached hydrogen (secondary N) is 3. The normalized spacial score (nSPS) is 20.0. The Kier molecular flexibility index (Phi) is 9.73. The van der Waals surface area contributed by atoms with Gasteiger partial charge in [-0.1, -0.05) is 13.0 Å². The van der Waals surface area contributed by atoms with E-state index in [2.05, 4.69) is 27.9 Å². The number of carbonyl (C=O) groups excluding carboxylic acids is 2. The van der Waals surface area contributed by atoms with E-state index in [4.69, 9.17) is 0 Å². The van der Waals surface area contributed by atoms with Gasteiger partial charge in [-0.2, -0.15) is 0 Å². The maximum absolute atomic E-state index is 11.8. The Morgan fingerprint density at radius 2 is 2.14 bits per heavy atom. The fourth-order valence-corrected chi connectivity index (χ4v) is 2.23. The highest BCUT2D eigenvalue weighted by Crippen LogP contribution is 2.09. The van der Waals surface area contributed by atoms with Crippen LogP contribution in [0, 0.1) is 5.92 Å². The molecule has 6 nitrogen and oxygen atoms in total. The second kappa shape index (κ2) is 10.4. The number of pyridine rings is 1. The smallest absolute Gasteiger partial charge is 0.270 e. The number of halogens is 2. The van der Waals surface area contributed by atoms with E-state index >= 15 is 0 Å². The van der Waals surface area contributed by atoms with Crippen molar-refractivity contribution in [1.82, 2.24) is 20.9 Å². The van der Waals surface area contributed by atoms with Gasteiger partial charge in [0.05, 0.1) is 6.54 Å². The highest BCUT2D eigenvalue weighted by atomic mass is 35.5. The predicted octanol–water partition coefficient (Wildman–Crippen LogP) is 0.769. The van der Waals surface area contributed by atoms with Crippen molar-refractivity contribution in [2.45, 2.75) is 19.4 Å². The topological polar surface area (TPSA) is 83.1 Å². The van der Waals surface area contributed by atoms with Crippen molar-refractivity contribution in [2.24, 2.45) is 5.92 Å². The molecule has 22 heavy (non-hydrogen) atoms. The van der Waals surface area contributed by atoms with Crippen LogP contribution in [0.2, 0.25) is 0 Å². The number of aromatic nitrogens is 1. The summed E-state index contributed by atoms with van der Waals surface area (Å²) in [5, 5.41) is 8.82. The molecular weight excluding hydrogens is 327 g/mol. The van der Waals surface area contributed by atoms with Crippen LogP contribution in [0.5, 0.6) is 0 Å². The first-order chi connectivity index (χ1) is 9.66. The van der Waals surface area contributed by atoms with E-state index in [9.17, 15) is 9.59 Å². The van der Waals surface area contributed by atoms with Crippen LogP contribution in [-0.4, -0.2) is 42.5 Å². The Labute approximate surface area is 142 Å². The van der Waals surface area contributed by atoms with Crippen LogP contribution in [0.15, 0.2) is 24.4 Å². The Bertz CT molecular complexity index is 473. The number of carbonyl (C=O) groups is 2. The third kappa shape index (κ3) is 6.17. The Morgan fingerprint density at radius 1 is 1.36 bits per heavy atom. The minimum absolute atomic E-state index is 0. The third-order valence-electron chi connectivity index (χ3n) is 3.44. The monoisotopic (exact) mass is 348 g/mol. The fourth-order valence-electron chi connectivity index (χ4n) is 2.23. The van der Waals surface area contributed by atoms with Crippen LogP contribution in [0.25, 0.3) is 0 Å². The van der Waals surface area contributed by atoms with Gasteiger partial charge < -0.3 is 16.0 Å². The van der Waals surface area contributed by atoms with Crippen molar-refractivity contribution in [3.63, 3.8) is 0 Å². The quantitative estimate of drug-likeness (QED) is 0.750. The van der Waals surface area contributed by atoms with Gasteiger partial charge in [0.1, 0.15) is 5.69 Å². The second-order valence-corrected chi connectivity index (χ2v) is 5.04. The SMILES string of the molecule is CC1CNCCC1NC(=O)CNC(=O)c1ccccn1.Cl.Cl. The molecule has 1 aromatic heterocycles. The van der Waals surface area contributed by atoms with Gasteiger partial charge in [0, 0.05) is 12.2 Å². The highest BCUT2D eigenvalue weighted by molar-refractivity contribution is 5.94. The van der Waals surface area contributed by atoms with E-state index in [0.717, 1.165) is 19.5 Å². The summed E-state index contributed by atoms with van der Waals surface area (Å²) in [7, 11) is 0. The maximum Gasteiger partial charge on any atom is 0.270 e. The van der Waals surface area contributed by atoms with Crippen LogP contribution < -0.4 is 16.0 Å². The first kappa shape index (κ1) is 20.6. The van der Waals surface area contributed by atoms with Crippen molar-refractivity contribution in [3.05, 3.63) is 30.1 Å². The van der Waals surface area contributed by atoms with E-state index < -0.39 is 0 Å². The van der Waals surface area contributed by atoms with Crippen molar-refractivity contribution < 1.29 is 9.59 Å². The molecule has 0 aliphatic carbocycles. The van der Waals surface area contributed by atoms with Gasteiger partial charge in [-0.3, -0.25) is 14.6 Å². The maximum atomic E-state index is 11.8.